The summed E-state index contributed by atoms with van der Waals surface area (Å²) in [6, 6.07) is 17.3. The highest BCUT2D eigenvalue weighted by Crippen LogP contribution is 2.23. The highest BCUT2D eigenvalue weighted by Gasteiger charge is 2.09. The standard InChI is InChI=1S/C16H12N4O/c1-12-7-8-15(13(9-12)10-17)21-16-18-11-20(19-16)14-5-3-2-4-6-14/h2-9,11H,1H3. The lowest BCUT2D eigenvalue weighted by Gasteiger charge is -2.04. The molecule has 3 aromatic rings. The Hall–Kier alpha value is -3.13. The van der Waals surface area contributed by atoms with E-state index in [0.717, 1.165) is 11.3 Å². The van der Waals surface area contributed by atoms with Crippen molar-refractivity contribution < 1.29 is 4.74 Å². The van der Waals surface area contributed by atoms with Crippen LogP contribution in [0.2, 0.25) is 0 Å². The normalized spacial score (nSPS) is 10.1. The van der Waals surface area contributed by atoms with Crippen molar-refractivity contribution in [3.63, 3.8) is 0 Å². The van der Waals surface area contributed by atoms with E-state index in [2.05, 4.69) is 16.2 Å². The smallest absolute Gasteiger partial charge is 0.341 e. The van der Waals surface area contributed by atoms with Crippen molar-refractivity contribution in [1.29, 1.82) is 5.26 Å². The van der Waals surface area contributed by atoms with Crippen LogP contribution in [-0.2, 0) is 0 Å². The summed E-state index contributed by atoms with van der Waals surface area (Å²) < 4.78 is 7.21. The van der Waals surface area contributed by atoms with E-state index in [4.69, 9.17) is 10.00 Å². The number of ether oxygens (including phenoxy) is 1. The summed E-state index contributed by atoms with van der Waals surface area (Å²) in [4.78, 5) is 4.11. The molecule has 2 aromatic carbocycles. The van der Waals surface area contributed by atoms with Crippen molar-refractivity contribution >= 4 is 0 Å². The van der Waals surface area contributed by atoms with Crippen molar-refractivity contribution in [3.8, 4) is 23.5 Å². The number of nitrogens with zero attached hydrogens (tertiary/aromatic N) is 4. The van der Waals surface area contributed by atoms with Crippen molar-refractivity contribution in [2.45, 2.75) is 6.92 Å². The summed E-state index contributed by atoms with van der Waals surface area (Å²) in [5, 5.41) is 13.4. The first-order chi connectivity index (χ1) is 10.3. The molecule has 3 rings (SSSR count). The Morgan fingerprint density at radius 2 is 1.95 bits per heavy atom. The molecule has 0 unspecified atom stereocenters. The predicted octanol–water partition coefficient (Wildman–Crippen LogP) is 3.24. The Morgan fingerprint density at radius 3 is 2.71 bits per heavy atom. The van der Waals surface area contributed by atoms with Crippen LogP contribution in [0, 0.1) is 18.3 Å². The maximum absolute atomic E-state index is 9.13. The van der Waals surface area contributed by atoms with Gasteiger partial charge in [-0.05, 0) is 36.8 Å². The van der Waals surface area contributed by atoms with Crippen LogP contribution in [0.15, 0.2) is 54.9 Å². The average molecular weight is 276 g/mol. The zero-order valence-corrected chi connectivity index (χ0v) is 11.4. The third-order valence-electron chi connectivity index (χ3n) is 2.95. The number of aryl methyl sites for hydroxylation is 1. The van der Waals surface area contributed by atoms with Crippen LogP contribution in [0.4, 0.5) is 0 Å². The summed E-state index contributed by atoms with van der Waals surface area (Å²) in [5.41, 5.74) is 2.36. The van der Waals surface area contributed by atoms with Crippen molar-refractivity contribution in [1.82, 2.24) is 14.8 Å². The largest absolute Gasteiger partial charge is 0.422 e. The molecule has 0 atom stereocenters. The molecule has 0 fully saturated rings. The number of nitriles is 1. The monoisotopic (exact) mass is 276 g/mol. The molecule has 0 saturated heterocycles. The van der Waals surface area contributed by atoms with Crippen molar-refractivity contribution in [2.24, 2.45) is 0 Å². The Balaban J connectivity index is 1.87. The lowest BCUT2D eigenvalue weighted by Crippen LogP contribution is -1.95. The van der Waals surface area contributed by atoms with Gasteiger partial charge >= 0.3 is 6.01 Å². The van der Waals surface area contributed by atoms with E-state index >= 15 is 0 Å². The quantitative estimate of drug-likeness (QED) is 0.736. The maximum atomic E-state index is 9.13. The van der Waals surface area contributed by atoms with Gasteiger partial charge in [0.1, 0.15) is 18.1 Å². The van der Waals surface area contributed by atoms with E-state index in [9.17, 15) is 0 Å². The van der Waals surface area contributed by atoms with Crippen LogP contribution in [0.25, 0.3) is 5.69 Å². The molecule has 0 bridgehead atoms. The minimum Gasteiger partial charge on any atom is -0.422 e. The number of aromatic nitrogens is 3. The summed E-state index contributed by atoms with van der Waals surface area (Å²) in [6.45, 7) is 1.92. The number of hydrogen-bond acceptors (Lipinski definition) is 4. The Bertz CT molecular complexity index is 803. The van der Waals surface area contributed by atoms with Gasteiger partial charge in [0.25, 0.3) is 0 Å². The van der Waals surface area contributed by atoms with Crippen molar-refractivity contribution in [2.75, 3.05) is 0 Å². The first-order valence-corrected chi connectivity index (χ1v) is 6.42. The first kappa shape index (κ1) is 12.9. The molecule has 5 heteroatoms. The van der Waals surface area contributed by atoms with Crippen LogP contribution in [-0.4, -0.2) is 14.8 Å². The molecule has 0 N–H and O–H groups in total. The van der Waals surface area contributed by atoms with Crippen LogP contribution >= 0.6 is 0 Å². The van der Waals surface area contributed by atoms with Gasteiger partial charge in [-0.25, -0.2) is 4.68 Å². The van der Waals surface area contributed by atoms with E-state index in [0.29, 0.717) is 11.3 Å². The molecule has 0 aliphatic carbocycles. The summed E-state index contributed by atoms with van der Waals surface area (Å²) in [6.07, 6.45) is 1.57. The molecule has 102 valence electrons. The van der Waals surface area contributed by atoms with E-state index < -0.39 is 0 Å². The second-order valence-corrected chi connectivity index (χ2v) is 4.52. The second-order valence-electron chi connectivity index (χ2n) is 4.52. The molecule has 0 spiro atoms. The van der Waals surface area contributed by atoms with Gasteiger partial charge in [-0.3, -0.25) is 0 Å². The summed E-state index contributed by atoms with van der Waals surface area (Å²) >= 11 is 0. The molecule has 5 nitrogen and oxygen atoms in total. The zero-order chi connectivity index (χ0) is 14.7. The van der Waals surface area contributed by atoms with Gasteiger partial charge in [-0.1, -0.05) is 24.3 Å². The van der Waals surface area contributed by atoms with E-state index in [1.165, 1.54) is 0 Å². The summed E-state index contributed by atoms with van der Waals surface area (Å²) in [7, 11) is 0. The van der Waals surface area contributed by atoms with E-state index in [1.54, 1.807) is 23.1 Å². The zero-order valence-electron chi connectivity index (χ0n) is 11.4. The van der Waals surface area contributed by atoms with Gasteiger partial charge in [0.05, 0.1) is 11.3 Å². The number of rotatable bonds is 3. The third kappa shape index (κ3) is 2.74. The molecule has 1 aromatic heterocycles. The second kappa shape index (κ2) is 5.47. The molecule has 0 aliphatic rings. The average Bonchev–Trinajstić information content (AvgIpc) is 2.98. The molecule has 21 heavy (non-hydrogen) atoms. The van der Waals surface area contributed by atoms with Gasteiger partial charge in [0.2, 0.25) is 0 Å². The fourth-order valence-electron chi connectivity index (χ4n) is 1.92. The van der Waals surface area contributed by atoms with Crippen LogP contribution in [0.5, 0.6) is 11.8 Å². The molecule has 0 radical (unpaired) electrons. The summed E-state index contributed by atoms with van der Waals surface area (Å²) in [5.74, 6) is 0.453. The SMILES string of the molecule is Cc1ccc(Oc2ncn(-c3ccccc3)n2)c(C#N)c1. The Morgan fingerprint density at radius 1 is 1.14 bits per heavy atom. The van der Waals surface area contributed by atoms with Gasteiger partial charge in [-0.15, -0.1) is 5.10 Å². The topological polar surface area (TPSA) is 63.7 Å². The molecule has 0 amide bonds. The highest BCUT2D eigenvalue weighted by molar-refractivity contribution is 5.46. The van der Waals surface area contributed by atoms with Crippen LogP contribution in [0.1, 0.15) is 11.1 Å². The predicted molar refractivity (Wildman–Crippen MR) is 77.3 cm³/mol. The number of benzene rings is 2. The van der Waals surface area contributed by atoms with Gasteiger partial charge < -0.3 is 4.74 Å². The van der Waals surface area contributed by atoms with Crippen LogP contribution in [0.3, 0.4) is 0 Å². The van der Waals surface area contributed by atoms with Gasteiger partial charge in [-0.2, -0.15) is 10.2 Å². The lowest BCUT2D eigenvalue weighted by atomic mass is 10.1. The lowest BCUT2D eigenvalue weighted by molar-refractivity contribution is 0.440. The number of hydrogen-bond donors (Lipinski definition) is 0. The Kier molecular flexibility index (Phi) is 3.36. The molecule has 1 heterocycles. The van der Waals surface area contributed by atoms with E-state index in [1.807, 2.05) is 43.3 Å². The van der Waals surface area contributed by atoms with Gasteiger partial charge in [0.15, 0.2) is 0 Å². The fraction of sp³-hybridized carbons (Fsp3) is 0.0625. The fourth-order valence-corrected chi connectivity index (χ4v) is 1.92. The van der Waals surface area contributed by atoms with E-state index in [-0.39, 0.29) is 6.01 Å². The minimum absolute atomic E-state index is 0.208. The minimum atomic E-state index is 0.208. The molecule has 0 aliphatic heterocycles. The van der Waals surface area contributed by atoms with Crippen molar-refractivity contribution in [3.05, 3.63) is 66.0 Å². The molecule has 0 saturated carbocycles. The van der Waals surface area contributed by atoms with Gasteiger partial charge in [0, 0.05) is 0 Å². The van der Waals surface area contributed by atoms with Crippen LogP contribution < -0.4 is 4.74 Å². The number of para-hydroxylation sites is 1. The molecular weight excluding hydrogens is 264 g/mol. The third-order valence-corrected chi connectivity index (χ3v) is 2.95. The Labute approximate surface area is 122 Å². The first-order valence-electron chi connectivity index (χ1n) is 6.42. The highest BCUT2D eigenvalue weighted by atomic mass is 16.5. The maximum Gasteiger partial charge on any atom is 0.341 e. The molecular formula is C16H12N4O.